The van der Waals surface area contributed by atoms with Gasteiger partial charge in [0.1, 0.15) is 4.21 Å². The quantitative estimate of drug-likeness (QED) is 0.792. The van der Waals surface area contributed by atoms with Gasteiger partial charge in [-0.1, -0.05) is 6.07 Å². The van der Waals surface area contributed by atoms with Crippen molar-refractivity contribution in [2.75, 3.05) is 32.6 Å². The molecule has 0 aliphatic carbocycles. The molecule has 1 amide bonds. The Balaban J connectivity index is 1.70. The van der Waals surface area contributed by atoms with Crippen molar-refractivity contribution in [2.24, 2.45) is 5.92 Å². The van der Waals surface area contributed by atoms with Crippen LogP contribution in [0.5, 0.6) is 11.5 Å². The lowest BCUT2D eigenvalue weighted by Gasteiger charge is -2.30. The first-order valence-electron chi connectivity index (χ1n) is 8.52. The number of carbonyl (C=O) groups excluding carboxylic acids is 1. The Bertz CT molecular complexity index is 896. The Morgan fingerprint density at radius 2 is 2.00 bits per heavy atom. The minimum atomic E-state index is -3.54. The highest BCUT2D eigenvalue weighted by Gasteiger charge is 2.33. The van der Waals surface area contributed by atoms with Gasteiger partial charge in [0.05, 0.1) is 20.1 Å². The third-order valence-electron chi connectivity index (χ3n) is 4.50. The SMILES string of the molecule is COc1ccc(NC(=O)[C@H]2CCCN(S(=O)(=O)c3cccs3)C2)cc1OC. The summed E-state index contributed by atoms with van der Waals surface area (Å²) < 4.78 is 37.6. The molecule has 2 heterocycles. The number of hydrogen-bond acceptors (Lipinski definition) is 6. The topological polar surface area (TPSA) is 84.9 Å². The summed E-state index contributed by atoms with van der Waals surface area (Å²) in [7, 11) is -0.474. The van der Waals surface area contributed by atoms with Crippen molar-refractivity contribution >= 4 is 33.0 Å². The molecular weight excluding hydrogens is 388 g/mol. The highest BCUT2D eigenvalue weighted by molar-refractivity contribution is 7.91. The Labute approximate surface area is 163 Å². The molecule has 1 saturated heterocycles. The number of rotatable bonds is 6. The van der Waals surface area contributed by atoms with Crippen LogP contribution in [-0.2, 0) is 14.8 Å². The van der Waals surface area contributed by atoms with Gasteiger partial charge >= 0.3 is 0 Å². The van der Waals surface area contributed by atoms with Gasteiger partial charge in [-0.05, 0) is 36.4 Å². The van der Waals surface area contributed by atoms with Crippen molar-refractivity contribution in [3.63, 3.8) is 0 Å². The molecule has 2 aromatic rings. The fourth-order valence-corrected chi connectivity index (χ4v) is 5.74. The largest absolute Gasteiger partial charge is 0.493 e. The summed E-state index contributed by atoms with van der Waals surface area (Å²) >= 11 is 1.19. The zero-order chi connectivity index (χ0) is 19.4. The first-order chi connectivity index (χ1) is 13.0. The number of benzene rings is 1. The van der Waals surface area contributed by atoms with Gasteiger partial charge in [-0.2, -0.15) is 4.31 Å². The molecule has 0 bridgehead atoms. The molecule has 1 aliphatic heterocycles. The van der Waals surface area contributed by atoms with Crippen molar-refractivity contribution < 1.29 is 22.7 Å². The number of anilines is 1. The Kier molecular flexibility index (Phi) is 6.03. The number of amides is 1. The molecule has 0 saturated carbocycles. The van der Waals surface area contributed by atoms with Crippen LogP contribution in [-0.4, -0.2) is 45.9 Å². The van der Waals surface area contributed by atoms with Crippen LogP contribution in [0.1, 0.15) is 12.8 Å². The van der Waals surface area contributed by atoms with Crippen molar-refractivity contribution in [1.29, 1.82) is 0 Å². The molecule has 0 unspecified atom stereocenters. The second-order valence-corrected chi connectivity index (χ2v) is 9.31. The lowest BCUT2D eigenvalue weighted by molar-refractivity contribution is -0.120. The number of nitrogens with zero attached hydrogens (tertiary/aromatic N) is 1. The first-order valence-corrected chi connectivity index (χ1v) is 10.8. The highest BCUT2D eigenvalue weighted by Crippen LogP contribution is 2.31. The van der Waals surface area contributed by atoms with Gasteiger partial charge in [-0.25, -0.2) is 8.42 Å². The molecule has 1 N–H and O–H groups in total. The summed E-state index contributed by atoms with van der Waals surface area (Å²) in [6, 6.07) is 8.42. The summed E-state index contributed by atoms with van der Waals surface area (Å²) in [5.74, 6) is 0.483. The maximum atomic E-state index is 12.7. The average molecular weight is 411 g/mol. The Morgan fingerprint density at radius 3 is 2.67 bits per heavy atom. The van der Waals surface area contributed by atoms with Gasteiger partial charge in [-0.15, -0.1) is 11.3 Å². The van der Waals surface area contributed by atoms with Crippen LogP contribution in [0.2, 0.25) is 0 Å². The predicted molar refractivity (Wildman–Crippen MR) is 104 cm³/mol. The van der Waals surface area contributed by atoms with Gasteiger partial charge in [0.2, 0.25) is 5.91 Å². The van der Waals surface area contributed by atoms with Gasteiger partial charge < -0.3 is 14.8 Å². The second-order valence-electron chi connectivity index (χ2n) is 6.19. The predicted octanol–water partition coefficient (Wildman–Crippen LogP) is 2.80. The van der Waals surface area contributed by atoms with E-state index in [1.807, 2.05) is 0 Å². The normalized spacial score (nSPS) is 18.1. The number of piperidine rings is 1. The van der Waals surface area contributed by atoms with Gasteiger partial charge in [-0.3, -0.25) is 4.79 Å². The molecule has 0 radical (unpaired) electrons. The van der Waals surface area contributed by atoms with E-state index < -0.39 is 15.9 Å². The average Bonchev–Trinajstić information content (AvgIpc) is 3.23. The van der Waals surface area contributed by atoms with E-state index in [1.165, 1.54) is 22.8 Å². The molecular formula is C18H22N2O5S2. The van der Waals surface area contributed by atoms with Crippen LogP contribution in [0.25, 0.3) is 0 Å². The van der Waals surface area contributed by atoms with Crippen molar-refractivity contribution in [2.45, 2.75) is 17.1 Å². The van der Waals surface area contributed by atoms with Crippen LogP contribution in [0.15, 0.2) is 39.9 Å². The Hall–Kier alpha value is -2.10. The molecule has 1 fully saturated rings. The molecule has 1 aromatic carbocycles. The Morgan fingerprint density at radius 1 is 1.22 bits per heavy atom. The summed E-state index contributed by atoms with van der Waals surface area (Å²) in [5.41, 5.74) is 0.580. The van der Waals surface area contributed by atoms with Gasteiger partial charge in [0, 0.05) is 24.8 Å². The monoisotopic (exact) mass is 410 g/mol. The van der Waals surface area contributed by atoms with Gasteiger partial charge in [0.25, 0.3) is 10.0 Å². The standard InChI is InChI=1S/C18H22N2O5S2/c1-24-15-8-7-14(11-16(15)25-2)19-18(21)13-5-3-9-20(12-13)27(22,23)17-6-4-10-26-17/h4,6-8,10-11,13H,3,5,9,12H2,1-2H3,(H,19,21)/t13-/m0/s1. The molecule has 1 atom stereocenters. The zero-order valence-corrected chi connectivity index (χ0v) is 16.8. The van der Waals surface area contributed by atoms with E-state index in [0.29, 0.717) is 40.8 Å². The number of carbonyl (C=O) groups is 1. The minimum Gasteiger partial charge on any atom is -0.493 e. The molecule has 1 aliphatic rings. The van der Waals surface area contributed by atoms with E-state index in [2.05, 4.69) is 5.32 Å². The molecule has 27 heavy (non-hydrogen) atoms. The van der Waals surface area contributed by atoms with Gasteiger partial charge in [0.15, 0.2) is 11.5 Å². The van der Waals surface area contributed by atoms with Crippen molar-refractivity contribution in [3.8, 4) is 11.5 Å². The highest BCUT2D eigenvalue weighted by atomic mass is 32.2. The number of ether oxygens (including phenoxy) is 2. The van der Waals surface area contributed by atoms with E-state index in [0.717, 1.165) is 0 Å². The van der Waals surface area contributed by atoms with Crippen LogP contribution >= 0.6 is 11.3 Å². The van der Waals surface area contributed by atoms with Crippen molar-refractivity contribution in [1.82, 2.24) is 4.31 Å². The fraction of sp³-hybridized carbons (Fsp3) is 0.389. The van der Waals surface area contributed by atoms with Crippen molar-refractivity contribution in [3.05, 3.63) is 35.7 Å². The third-order valence-corrected chi connectivity index (χ3v) is 7.73. The van der Waals surface area contributed by atoms with E-state index >= 15 is 0 Å². The smallest absolute Gasteiger partial charge is 0.252 e. The summed E-state index contributed by atoms with van der Waals surface area (Å²) in [4.78, 5) is 12.7. The summed E-state index contributed by atoms with van der Waals surface area (Å²) in [6.07, 6.45) is 1.30. The van der Waals surface area contributed by atoms with E-state index in [9.17, 15) is 13.2 Å². The van der Waals surface area contributed by atoms with E-state index in [1.54, 1.807) is 42.8 Å². The first kappa shape index (κ1) is 19.7. The third kappa shape index (κ3) is 4.26. The molecule has 3 rings (SSSR count). The number of hydrogen-bond donors (Lipinski definition) is 1. The molecule has 9 heteroatoms. The lowest BCUT2D eigenvalue weighted by atomic mass is 9.98. The lowest BCUT2D eigenvalue weighted by Crippen LogP contribution is -2.43. The fourth-order valence-electron chi connectivity index (χ4n) is 3.07. The maximum Gasteiger partial charge on any atom is 0.252 e. The molecule has 1 aromatic heterocycles. The van der Waals surface area contributed by atoms with E-state index in [-0.39, 0.29) is 12.5 Å². The van der Waals surface area contributed by atoms with Crippen LogP contribution < -0.4 is 14.8 Å². The maximum absolute atomic E-state index is 12.7. The molecule has 0 spiro atoms. The minimum absolute atomic E-state index is 0.180. The second kappa shape index (κ2) is 8.28. The number of sulfonamides is 1. The van der Waals surface area contributed by atoms with Crippen LogP contribution in [0.3, 0.4) is 0 Å². The number of thiophene rings is 1. The summed E-state index contributed by atoms with van der Waals surface area (Å²) in [5, 5.41) is 4.59. The van der Waals surface area contributed by atoms with Crippen LogP contribution in [0, 0.1) is 5.92 Å². The number of methoxy groups -OCH3 is 2. The van der Waals surface area contributed by atoms with Crippen LogP contribution in [0.4, 0.5) is 5.69 Å². The molecule has 7 nitrogen and oxygen atoms in total. The summed E-state index contributed by atoms with van der Waals surface area (Å²) in [6.45, 7) is 0.611. The molecule has 146 valence electrons. The number of nitrogens with one attached hydrogen (secondary N) is 1. The zero-order valence-electron chi connectivity index (χ0n) is 15.2. The van der Waals surface area contributed by atoms with E-state index in [4.69, 9.17) is 9.47 Å².